The largest absolute Gasteiger partial charge is 0.375 e. The third-order valence-corrected chi connectivity index (χ3v) is 4.26. The molecule has 7 nitrogen and oxygen atoms in total. The molecule has 1 aromatic carbocycles. The van der Waals surface area contributed by atoms with Crippen LogP contribution in [0, 0.1) is 0 Å². The van der Waals surface area contributed by atoms with E-state index in [-0.39, 0.29) is 6.03 Å². The van der Waals surface area contributed by atoms with Crippen LogP contribution in [-0.2, 0) is 6.54 Å². The van der Waals surface area contributed by atoms with Crippen molar-refractivity contribution in [2.75, 3.05) is 17.6 Å². The van der Waals surface area contributed by atoms with Gasteiger partial charge in [0, 0.05) is 37.4 Å². The lowest BCUT2D eigenvalue weighted by atomic mass is 10.2. The molecule has 2 amide bonds. The number of rotatable bonds is 6. The minimum atomic E-state index is -0.213. The predicted octanol–water partition coefficient (Wildman–Crippen LogP) is 2.80. The highest BCUT2D eigenvalue weighted by molar-refractivity contribution is 7.18. The molecule has 0 aliphatic heterocycles. The van der Waals surface area contributed by atoms with Crippen molar-refractivity contribution in [3.63, 3.8) is 0 Å². The molecule has 0 unspecified atom stereocenters. The monoisotopic (exact) mass is 342 g/mol. The van der Waals surface area contributed by atoms with Crippen LogP contribution in [0.4, 0.5) is 15.6 Å². The molecule has 0 aliphatic carbocycles. The van der Waals surface area contributed by atoms with Crippen LogP contribution < -0.4 is 16.4 Å². The van der Waals surface area contributed by atoms with Gasteiger partial charge >= 0.3 is 6.03 Å². The normalized spacial score (nSPS) is 10.5. The molecule has 2 aromatic heterocycles. The number of urea groups is 1. The summed E-state index contributed by atoms with van der Waals surface area (Å²) in [5, 5.41) is 6.19. The molecule has 0 fully saturated rings. The quantitative estimate of drug-likeness (QED) is 0.600. The minimum Gasteiger partial charge on any atom is -0.375 e. The number of thiazole rings is 1. The lowest BCUT2D eigenvalue weighted by Crippen LogP contribution is -2.29. The summed E-state index contributed by atoms with van der Waals surface area (Å²) < 4.78 is 1.98. The van der Waals surface area contributed by atoms with E-state index in [1.165, 1.54) is 11.3 Å². The number of anilines is 2. The van der Waals surface area contributed by atoms with Gasteiger partial charge in [0.2, 0.25) is 0 Å². The Balaban J connectivity index is 1.44. The molecule has 0 saturated carbocycles. The second kappa shape index (κ2) is 7.60. The van der Waals surface area contributed by atoms with E-state index in [1.807, 2.05) is 35.0 Å². The summed E-state index contributed by atoms with van der Waals surface area (Å²) in [5.74, 6) is 0. The fourth-order valence-electron chi connectivity index (χ4n) is 2.20. The number of nitrogens with one attached hydrogen (secondary N) is 2. The van der Waals surface area contributed by atoms with Crippen molar-refractivity contribution in [3.8, 4) is 10.4 Å². The van der Waals surface area contributed by atoms with Crippen LogP contribution in [0.1, 0.15) is 6.42 Å². The van der Waals surface area contributed by atoms with Crippen LogP contribution in [0.2, 0.25) is 0 Å². The Bertz CT molecular complexity index is 781. The van der Waals surface area contributed by atoms with Crippen LogP contribution in [0.25, 0.3) is 10.4 Å². The van der Waals surface area contributed by atoms with Gasteiger partial charge in [-0.3, -0.25) is 0 Å². The fraction of sp³-hybridized carbons (Fsp3) is 0.188. The highest BCUT2D eigenvalue weighted by Gasteiger charge is 2.04. The SMILES string of the molecule is Nc1ncc(-c2ccc(NC(=O)NCCCn3ccnc3)cc2)s1. The Morgan fingerprint density at radius 2 is 2.12 bits per heavy atom. The van der Waals surface area contributed by atoms with Gasteiger partial charge in [-0.25, -0.2) is 14.8 Å². The van der Waals surface area contributed by atoms with E-state index in [2.05, 4.69) is 20.6 Å². The number of nitrogens with zero attached hydrogens (tertiary/aromatic N) is 3. The van der Waals surface area contributed by atoms with E-state index in [0.29, 0.717) is 11.7 Å². The second-order valence-corrected chi connectivity index (χ2v) is 6.24. The molecule has 24 heavy (non-hydrogen) atoms. The fourth-order valence-corrected chi connectivity index (χ4v) is 2.89. The van der Waals surface area contributed by atoms with Gasteiger partial charge < -0.3 is 20.9 Å². The molecule has 3 aromatic rings. The molecular formula is C16H18N6OS. The summed E-state index contributed by atoms with van der Waals surface area (Å²) in [5.41, 5.74) is 7.40. The molecule has 0 spiro atoms. The highest BCUT2D eigenvalue weighted by Crippen LogP contribution is 2.28. The van der Waals surface area contributed by atoms with Crippen molar-refractivity contribution in [1.82, 2.24) is 19.9 Å². The Labute approximate surface area is 143 Å². The first-order chi connectivity index (χ1) is 11.7. The van der Waals surface area contributed by atoms with Gasteiger partial charge in [0.15, 0.2) is 5.13 Å². The third kappa shape index (κ3) is 4.32. The molecular weight excluding hydrogens is 324 g/mol. The Kier molecular flexibility index (Phi) is 5.07. The first-order valence-corrected chi connectivity index (χ1v) is 8.35. The maximum Gasteiger partial charge on any atom is 0.319 e. The molecule has 2 heterocycles. The lowest BCUT2D eigenvalue weighted by molar-refractivity contribution is 0.252. The van der Waals surface area contributed by atoms with Gasteiger partial charge in [-0.15, -0.1) is 0 Å². The van der Waals surface area contributed by atoms with Crippen molar-refractivity contribution < 1.29 is 4.79 Å². The van der Waals surface area contributed by atoms with Crippen molar-refractivity contribution in [3.05, 3.63) is 49.2 Å². The number of carbonyl (C=O) groups excluding carboxylic acids is 1. The van der Waals surface area contributed by atoms with Crippen LogP contribution >= 0.6 is 11.3 Å². The van der Waals surface area contributed by atoms with Crippen LogP contribution in [0.5, 0.6) is 0 Å². The first-order valence-electron chi connectivity index (χ1n) is 7.53. The number of imidazole rings is 1. The van der Waals surface area contributed by atoms with Gasteiger partial charge in [0.05, 0.1) is 11.2 Å². The number of benzene rings is 1. The van der Waals surface area contributed by atoms with Gasteiger partial charge in [0.25, 0.3) is 0 Å². The van der Waals surface area contributed by atoms with Crippen LogP contribution in [0.3, 0.4) is 0 Å². The molecule has 8 heteroatoms. The predicted molar refractivity (Wildman–Crippen MR) is 95.8 cm³/mol. The van der Waals surface area contributed by atoms with E-state index in [9.17, 15) is 4.79 Å². The summed E-state index contributed by atoms with van der Waals surface area (Å²) in [4.78, 5) is 20.9. The van der Waals surface area contributed by atoms with Crippen molar-refractivity contribution in [1.29, 1.82) is 0 Å². The summed E-state index contributed by atoms with van der Waals surface area (Å²) in [6, 6.07) is 7.37. The molecule has 0 radical (unpaired) electrons. The minimum absolute atomic E-state index is 0.213. The average Bonchev–Trinajstić information content (AvgIpc) is 3.24. The zero-order chi connectivity index (χ0) is 16.8. The molecule has 4 N–H and O–H groups in total. The summed E-state index contributed by atoms with van der Waals surface area (Å²) in [6.45, 7) is 1.43. The molecule has 0 aliphatic rings. The zero-order valence-corrected chi connectivity index (χ0v) is 13.8. The molecule has 0 bridgehead atoms. The molecule has 3 rings (SSSR count). The van der Waals surface area contributed by atoms with Gasteiger partial charge in [-0.1, -0.05) is 23.5 Å². The number of aromatic nitrogens is 3. The smallest absolute Gasteiger partial charge is 0.319 e. The van der Waals surface area contributed by atoms with Crippen molar-refractivity contribution in [2.24, 2.45) is 0 Å². The molecule has 0 saturated heterocycles. The molecule has 0 atom stereocenters. The van der Waals surface area contributed by atoms with E-state index in [1.54, 1.807) is 18.7 Å². The summed E-state index contributed by atoms with van der Waals surface area (Å²) in [7, 11) is 0. The number of aryl methyl sites for hydroxylation is 1. The van der Waals surface area contributed by atoms with E-state index in [4.69, 9.17) is 5.73 Å². The lowest BCUT2D eigenvalue weighted by Gasteiger charge is -2.08. The maximum absolute atomic E-state index is 11.9. The van der Waals surface area contributed by atoms with Crippen LogP contribution in [0.15, 0.2) is 49.2 Å². The first kappa shape index (κ1) is 16.0. The number of hydrogen-bond donors (Lipinski definition) is 3. The standard InChI is InChI=1S/C16H18N6OS/c17-15-20-10-14(24-15)12-2-4-13(5-3-12)21-16(23)19-6-1-8-22-9-7-18-11-22/h2-5,7,9-11H,1,6,8H2,(H2,17,20)(H2,19,21,23). The second-order valence-electron chi connectivity index (χ2n) is 5.18. The number of nitrogen functional groups attached to an aromatic ring is 1. The topological polar surface area (TPSA) is 97.9 Å². The number of amides is 2. The average molecular weight is 342 g/mol. The number of carbonyl (C=O) groups is 1. The Morgan fingerprint density at radius 3 is 2.79 bits per heavy atom. The number of nitrogens with two attached hydrogens (primary N) is 1. The van der Waals surface area contributed by atoms with E-state index >= 15 is 0 Å². The molecule has 124 valence electrons. The van der Waals surface area contributed by atoms with Crippen molar-refractivity contribution >= 4 is 28.2 Å². The van der Waals surface area contributed by atoms with Gasteiger partial charge in [0.1, 0.15) is 0 Å². The van der Waals surface area contributed by atoms with Gasteiger partial charge in [-0.2, -0.15) is 0 Å². The highest BCUT2D eigenvalue weighted by atomic mass is 32.1. The number of hydrogen-bond acceptors (Lipinski definition) is 5. The Morgan fingerprint density at radius 1 is 1.29 bits per heavy atom. The van der Waals surface area contributed by atoms with Gasteiger partial charge in [-0.05, 0) is 24.1 Å². The van der Waals surface area contributed by atoms with Crippen LogP contribution in [-0.4, -0.2) is 27.1 Å². The van der Waals surface area contributed by atoms with Crippen molar-refractivity contribution in [2.45, 2.75) is 13.0 Å². The van der Waals surface area contributed by atoms with E-state index < -0.39 is 0 Å². The zero-order valence-electron chi connectivity index (χ0n) is 13.0. The third-order valence-electron chi connectivity index (χ3n) is 3.39. The maximum atomic E-state index is 11.9. The Hall–Kier alpha value is -2.87. The summed E-state index contributed by atoms with van der Waals surface area (Å²) in [6.07, 6.45) is 7.99. The summed E-state index contributed by atoms with van der Waals surface area (Å²) >= 11 is 1.43. The van der Waals surface area contributed by atoms with E-state index in [0.717, 1.165) is 29.1 Å².